The van der Waals surface area contributed by atoms with Gasteiger partial charge in [0.1, 0.15) is 0 Å². The van der Waals surface area contributed by atoms with Gasteiger partial charge in [-0.1, -0.05) is 30.7 Å². The quantitative estimate of drug-likeness (QED) is 0.904. The molecule has 0 saturated heterocycles. The third kappa shape index (κ3) is 3.28. The van der Waals surface area contributed by atoms with E-state index in [2.05, 4.69) is 55.5 Å². The Labute approximate surface area is 122 Å². The highest BCUT2D eigenvalue weighted by Crippen LogP contribution is 2.22. The molecule has 3 heteroatoms. The molecule has 108 valence electrons. The molecular formula is C17H25N3. The molecule has 0 aliphatic rings. The zero-order chi connectivity index (χ0) is 14.7. The smallest absolute Gasteiger partial charge is 0.0597 e. The molecule has 1 N–H and O–H groups in total. The highest BCUT2D eigenvalue weighted by atomic mass is 15.3. The van der Waals surface area contributed by atoms with Gasteiger partial charge in [-0.3, -0.25) is 4.68 Å². The molecule has 20 heavy (non-hydrogen) atoms. The molecule has 0 spiro atoms. The number of rotatable bonds is 5. The fourth-order valence-corrected chi connectivity index (χ4v) is 2.72. The van der Waals surface area contributed by atoms with Crippen molar-refractivity contribution in [2.75, 3.05) is 6.54 Å². The summed E-state index contributed by atoms with van der Waals surface area (Å²) in [7, 11) is 2.02. The monoisotopic (exact) mass is 271 g/mol. The van der Waals surface area contributed by atoms with Gasteiger partial charge in [-0.25, -0.2) is 0 Å². The highest BCUT2D eigenvalue weighted by Gasteiger charge is 2.16. The third-order valence-corrected chi connectivity index (χ3v) is 3.77. The van der Waals surface area contributed by atoms with E-state index in [-0.39, 0.29) is 0 Å². The Bertz CT molecular complexity index is 584. The number of nitrogens with zero attached hydrogens (tertiary/aromatic N) is 2. The molecule has 1 atom stereocenters. The van der Waals surface area contributed by atoms with Crippen molar-refractivity contribution in [1.82, 2.24) is 15.1 Å². The maximum atomic E-state index is 4.47. The third-order valence-electron chi connectivity index (χ3n) is 3.77. The van der Waals surface area contributed by atoms with Crippen molar-refractivity contribution >= 4 is 0 Å². The summed E-state index contributed by atoms with van der Waals surface area (Å²) in [5.41, 5.74) is 6.42. The minimum Gasteiger partial charge on any atom is -0.309 e. The largest absolute Gasteiger partial charge is 0.309 e. The molecule has 3 nitrogen and oxygen atoms in total. The van der Waals surface area contributed by atoms with E-state index >= 15 is 0 Å². The van der Waals surface area contributed by atoms with Gasteiger partial charge in [-0.2, -0.15) is 5.10 Å². The van der Waals surface area contributed by atoms with Gasteiger partial charge in [0.15, 0.2) is 0 Å². The van der Waals surface area contributed by atoms with Gasteiger partial charge < -0.3 is 5.32 Å². The van der Waals surface area contributed by atoms with E-state index in [4.69, 9.17) is 0 Å². The second kappa shape index (κ2) is 6.23. The summed E-state index contributed by atoms with van der Waals surface area (Å²) in [6.07, 6.45) is 1.00. The number of likely N-dealkylation sites (N-methyl/N-ethyl adjacent to an activating group) is 1. The average molecular weight is 271 g/mol. The Morgan fingerprint density at radius 2 is 1.95 bits per heavy atom. The first kappa shape index (κ1) is 14.8. The molecule has 0 amide bonds. The van der Waals surface area contributed by atoms with Crippen LogP contribution in [0.15, 0.2) is 24.3 Å². The predicted octanol–water partition coefficient (Wildman–Crippen LogP) is 3.24. The number of hydrogen-bond acceptors (Lipinski definition) is 2. The summed E-state index contributed by atoms with van der Waals surface area (Å²) in [4.78, 5) is 0. The topological polar surface area (TPSA) is 29.9 Å². The Morgan fingerprint density at radius 1 is 1.20 bits per heavy atom. The molecule has 1 aromatic heterocycles. The molecule has 0 fully saturated rings. The summed E-state index contributed by atoms with van der Waals surface area (Å²) in [6, 6.07) is 9.17. The molecule has 0 aliphatic heterocycles. The van der Waals surface area contributed by atoms with Gasteiger partial charge in [-0.15, -0.1) is 0 Å². The van der Waals surface area contributed by atoms with Crippen molar-refractivity contribution in [3.05, 3.63) is 52.3 Å². The summed E-state index contributed by atoms with van der Waals surface area (Å²) in [5, 5.41) is 8.06. The van der Waals surface area contributed by atoms with E-state index in [9.17, 15) is 0 Å². The van der Waals surface area contributed by atoms with Crippen LogP contribution in [0.5, 0.6) is 0 Å². The maximum absolute atomic E-state index is 4.47. The molecule has 1 unspecified atom stereocenters. The zero-order valence-corrected chi connectivity index (χ0v) is 13.2. The van der Waals surface area contributed by atoms with Crippen LogP contribution >= 0.6 is 0 Å². The highest BCUT2D eigenvalue weighted by molar-refractivity contribution is 5.32. The van der Waals surface area contributed by atoms with Gasteiger partial charge in [-0.05, 0) is 50.9 Å². The van der Waals surface area contributed by atoms with Gasteiger partial charge in [0.25, 0.3) is 0 Å². The second-order valence-electron chi connectivity index (χ2n) is 5.58. The van der Waals surface area contributed by atoms with Crippen LogP contribution in [0.25, 0.3) is 0 Å². The number of aromatic nitrogens is 2. The lowest BCUT2D eigenvalue weighted by molar-refractivity contribution is 0.506. The average Bonchev–Trinajstić information content (AvgIpc) is 2.72. The molecule has 2 aromatic rings. The molecule has 2 rings (SSSR count). The second-order valence-corrected chi connectivity index (χ2v) is 5.58. The molecule has 1 heterocycles. The van der Waals surface area contributed by atoms with Crippen LogP contribution in [0.1, 0.15) is 41.0 Å². The normalized spacial score (nSPS) is 12.7. The van der Waals surface area contributed by atoms with Crippen molar-refractivity contribution in [3.8, 4) is 0 Å². The van der Waals surface area contributed by atoms with E-state index < -0.39 is 0 Å². The van der Waals surface area contributed by atoms with Gasteiger partial charge in [0.05, 0.1) is 17.4 Å². The van der Waals surface area contributed by atoms with Crippen molar-refractivity contribution in [3.63, 3.8) is 0 Å². The van der Waals surface area contributed by atoms with Crippen LogP contribution in [0, 0.1) is 20.8 Å². The fourth-order valence-electron chi connectivity index (χ4n) is 2.72. The first-order valence-corrected chi connectivity index (χ1v) is 7.31. The first-order chi connectivity index (χ1) is 9.51. The van der Waals surface area contributed by atoms with Crippen LogP contribution < -0.4 is 5.32 Å². The lowest BCUT2D eigenvalue weighted by Crippen LogP contribution is -2.25. The minimum absolute atomic E-state index is 0.312. The first-order valence-electron chi connectivity index (χ1n) is 7.31. The molecular weight excluding hydrogens is 246 g/mol. The van der Waals surface area contributed by atoms with Gasteiger partial charge in [0.2, 0.25) is 0 Å². The summed E-state index contributed by atoms with van der Waals surface area (Å²) in [5.74, 6) is 0. The van der Waals surface area contributed by atoms with E-state index in [0.29, 0.717) is 6.04 Å². The van der Waals surface area contributed by atoms with Crippen LogP contribution in [-0.4, -0.2) is 16.3 Å². The fraction of sp³-hybridized carbons (Fsp3) is 0.471. The van der Waals surface area contributed by atoms with Crippen molar-refractivity contribution in [2.24, 2.45) is 7.05 Å². The van der Waals surface area contributed by atoms with Crippen molar-refractivity contribution in [1.29, 1.82) is 0 Å². The summed E-state index contributed by atoms with van der Waals surface area (Å²) >= 11 is 0. The van der Waals surface area contributed by atoms with E-state index in [1.165, 1.54) is 22.4 Å². The minimum atomic E-state index is 0.312. The van der Waals surface area contributed by atoms with Crippen LogP contribution in [0.4, 0.5) is 0 Å². The number of nitrogens with one attached hydrogen (secondary N) is 1. The van der Waals surface area contributed by atoms with E-state index in [1.54, 1.807) is 0 Å². The van der Waals surface area contributed by atoms with Crippen LogP contribution in [-0.2, 0) is 13.5 Å². The number of aryl methyl sites for hydroxylation is 4. The summed E-state index contributed by atoms with van der Waals surface area (Å²) < 4.78 is 1.99. The number of hydrogen-bond donors (Lipinski definition) is 1. The zero-order valence-electron chi connectivity index (χ0n) is 13.2. The van der Waals surface area contributed by atoms with Gasteiger partial charge >= 0.3 is 0 Å². The Hall–Kier alpha value is -1.61. The van der Waals surface area contributed by atoms with E-state index in [0.717, 1.165) is 18.7 Å². The summed E-state index contributed by atoms with van der Waals surface area (Å²) in [6.45, 7) is 9.50. The molecule has 0 saturated carbocycles. The van der Waals surface area contributed by atoms with Crippen molar-refractivity contribution < 1.29 is 0 Å². The van der Waals surface area contributed by atoms with Crippen LogP contribution in [0.2, 0.25) is 0 Å². The SMILES string of the molecule is CCNC(Cc1cc(C)ccc1C)c1cc(C)nn1C. The lowest BCUT2D eigenvalue weighted by atomic mass is 9.97. The Morgan fingerprint density at radius 3 is 2.55 bits per heavy atom. The standard InChI is InChI=1S/C17H25N3/c1-6-18-16(17-10-14(4)19-20(17)5)11-15-9-12(2)7-8-13(15)3/h7-10,16,18H,6,11H2,1-5H3. The molecule has 0 bridgehead atoms. The Kier molecular flexibility index (Phi) is 4.61. The molecule has 1 aromatic carbocycles. The maximum Gasteiger partial charge on any atom is 0.0597 e. The van der Waals surface area contributed by atoms with Gasteiger partial charge in [0, 0.05) is 7.05 Å². The number of benzene rings is 1. The molecule has 0 radical (unpaired) electrons. The Balaban J connectivity index is 2.30. The molecule has 0 aliphatic carbocycles. The van der Waals surface area contributed by atoms with E-state index in [1.807, 2.05) is 18.7 Å². The predicted molar refractivity (Wildman–Crippen MR) is 84.0 cm³/mol. The van der Waals surface area contributed by atoms with Crippen LogP contribution in [0.3, 0.4) is 0 Å². The lowest BCUT2D eigenvalue weighted by Gasteiger charge is -2.19. The van der Waals surface area contributed by atoms with Crippen molar-refractivity contribution in [2.45, 2.75) is 40.2 Å².